The van der Waals surface area contributed by atoms with Gasteiger partial charge in [-0.25, -0.2) is 18.1 Å². The monoisotopic (exact) mass is 454 g/mol. The lowest BCUT2D eigenvalue weighted by atomic mass is 10.2. The molecule has 4 rings (SSSR count). The molecule has 7 nitrogen and oxygen atoms in total. The SMILES string of the molecule is O=C(Nc1ccc(N2CCCC2)cn1)c1cc(S(=O)(=O)NC2CC2)c(Cl)cc1Cl. The van der Waals surface area contributed by atoms with Crippen molar-refractivity contribution < 1.29 is 13.2 Å². The van der Waals surface area contributed by atoms with E-state index in [0.29, 0.717) is 5.82 Å². The number of nitrogens with one attached hydrogen (secondary N) is 2. The van der Waals surface area contributed by atoms with Gasteiger partial charge in [0.05, 0.1) is 27.5 Å². The van der Waals surface area contributed by atoms with Gasteiger partial charge < -0.3 is 10.2 Å². The van der Waals surface area contributed by atoms with Crippen molar-refractivity contribution in [1.29, 1.82) is 0 Å². The van der Waals surface area contributed by atoms with Gasteiger partial charge in [0.2, 0.25) is 10.0 Å². The third kappa shape index (κ3) is 4.66. The molecule has 10 heteroatoms. The summed E-state index contributed by atoms with van der Waals surface area (Å²) in [6.07, 6.45) is 5.61. The van der Waals surface area contributed by atoms with E-state index < -0.39 is 15.9 Å². The number of halogens is 2. The van der Waals surface area contributed by atoms with Crippen LogP contribution in [0.25, 0.3) is 0 Å². The van der Waals surface area contributed by atoms with Crippen molar-refractivity contribution in [3.8, 4) is 0 Å². The summed E-state index contributed by atoms with van der Waals surface area (Å²) in [6.45, 7) is 2.00. The summed E-state index contributed by atoms with van der Waals surface area (Å²) in [5, 5.41) is 2.68. The highest BCUT2D eigenvalue weighted by molar-refractivity contribution is 7.89. The van der Waals surface area contributed by atoms with Gasteiger partial charge in [0, 0.05) is 19.1 Å². The molecule has 0 atom stereocenters. The largest absolute Gasteiger partial charge is 0.370 e. The number of benzene rings is 1. The van der Waals surface area contributed by atoms with E-state index in [9.17, 15) is 13.2 Å². The first-order valence-electron chi connectivity index (χ1n) is 9.37. The van der Waals surface area contributed by atoms with Gasteiger partial charge in [-0.15, -0.1) is 0 Å². The van der Waals surface area contributed by atoms with Gasteiger partial charge in [-0.1, -0.05) is 23.2 Å². The highest BCUT2D eigenvalue weighted by atomic mass is 35.5. The second-order valence-electron chi connectivity index (χ2n) is 7.21. The van der Waals surface area contributed by atoms with Crippen LogP contribution in [-0.4, -0.2) is 38.4 Å². The molecule has 1 aromatic carbocycles. The fraction of sp³-hybridized carbons (Fsp3) is 0.368. The predicted molar refractivity (Wildman–Crippen MR) is 113 cm³/mol. The summed E-state index contributed by atoms with van der Waals surface area (Å²) in [4.78, 5) is 19.0. The molecule has 29 heavy (non-hydrogen) atoms. The molecule has 0 spiro atoms. The Morgan fingerprint density at radius 3 is 2.45 bits per heavy atom. The zero-order valence-electron chi connectivity index (χ0n) is 15.5. The van der Waals surface area contributed by atoms with E-state index in [4.69, 9.17) is 23.2 Å². The maximum absolute atomic E-state index is 12.7. The van der Waals surface area contributed by atoms with Crippen molar-refractivity contribution in [3.05, 3.63) is 46.1 Å². The lowest BCUT2D eigenvalue weighted by molar-refractivity contribution is 0.102. The number of hydrogen-bond donors (Lipinski definition) is 2. The smallest absolute Gasteiger partial charge is 0.258 e. The minimum absolute atomic E-state index is 0.0117. The van der Waals surface area contributed by atoms with E-state index in [2.05, 4.69) is 19.9 Å². The quantitative estimate of drug-likeness (QED) is 0.694. The first-order chi connectivity index (χ1) is 13.8. The molecule has 1 aliphatic heterocycles. The standard InChI is InChI=1S/C19H20Cl2N4O3S/c20-15-10-16(21)17(29(27,28)24-12-3-4-12)9-14(15)19(26)23-18-6-5-13(11-22-18)25-7-1-2-8-25/h5-6,9-12,24H,1-4,7-8H2,(H,22,23,26). The Morgan fingerprint density at radius 2 is 1.83 bits per heavy atom. The van der Waals surface area contributed by atoms with Gasteiger partial charge in [-0.2, -0.15) is 0 Å². The molecule has 0 bridgehead atoms. The van der Waals surface area contributed by atoms with Gasteiger partial charge >= 0.3 is 0 Å². The topological polar surface area (TPSA) is 91.4 Å². The van der Waals surface area contributed by atoms with Crippen LogP contribution in [0.5, 0.6) is 0 Å². The Bertz CT molecular complexity index is 1030. The van der Waals surface area contributed by atoms with Crippen LogP contribution in [0.4, 0.5) is 11.5 Å². The number of amides is 1. The minimum atomic E-state index is -3.83. The van der Waals surface area contributed by atoms with E-state index >= 15 is 0 Å². The van der Waals surface area contributed by atoms with Gasteiger partial charge in [-0.05, 0) is 49.9 Å². The average molecular weight is 455 g/mol. The van der Waals surface area contributed by atoms with E-state index in [1.165, 1.54) is 12.1 Å². The number of pyridine rings is 1. The summed E-state index contributed by atoms with van der Waals surface area (Å²) in [7, 11) is -3.83. The van der Waals surface area contributed by atoms with E-state index in [1.54, 1.807) is 12.3 Å². The highest BCUT2D eigenvalue weighted by Gasteiger charge is 2.30. The maximum atomic E-state index is 12.7. The molecule has 2 fully saturated rings. The summed E-state index contributed by atoms with van der Waals surface area (Å²) in [5.74, 6) is -0.208. The maximum Gasteiger partial charge on any atom is 0.258 e. The number of sulfonamides is 1. The Morgan fingerprint density at radius 1 is 1.10 bits per heavy atom. The number of rotatable bonds is 6. The summed E-state index contributed by atoms with van der Waals surface area (Å²) in [6, 6.07) is 5.99. The van der Waals surface area contributed by atoms with Crippen LogP contribution in [0, 0.1) is 0 Å². The third-order valence-corrected chi connectivity index (χ3v) is 7.21. The Labute approximate surface area is 179 Å². The molecule has 1 aliphatic carbocycles. The molecule has 0 radical (unpaired) electrons. The van der Waals surface area contributed by atoms with Crippen LogP contribution in [0.2, 0.25) is 10.0 Å². The van der Waals surface area contributed by atoms with E-state index in [0.717, 1.165) is 44.5 Å². The van der Waals surface area contributed by atoms with Crippen molar-refractivity contribution in [2.45, 2.75) is 36.6 Å². The Hall–Kier alpha value is -1.87. The van der Waals surface area contributed by atoms with Crippen molar-refractivity contribution in [2.24, 2.45) is 0 Å². The first kappa shape index (κ1) is 20.4. The van der Waals surface area contributed by atoms with Crippen molar-refractivity contribution >= 4 is 50.6 Å². The third-order valence-electron chi connectivity index (χ3n) is 4.92. The molecule has 2 aromatic rings. The number of aromatic nitrogens is 1. The molecular formula is C19H20Cl2N4O3S. The molecule has 1 amide bonds. The Balaban J connectivity index is 1.54. The second-order valence-corrected chi connectivity index (χ2v) is 9.70. The van der Waals surface area contributed by atoms with Crippen molar-refractivity contribution in [2.75, 3.05) is 23.3 Å². The number of carbonyl (C=O) groups is 1. The zero-order chi connectivity index (χ0) is 20.6. The van der Waals surface area contributed by atoms with Crippen LogP contribution in [0.3, 0.4) is 0 Å². The number of hydrogen-bond acceptors (Lipinski definition) is 5. The Kier molecular flexibility index (Phi) is 5.70. The van der Waals surface area contributed by atoms with Gasteiger partial charge in [0.1, 0.15) is 10.7 Å². The molecule has 154 valence electrons. The average Bonchev–Trinajstić information content (AvgIpc) is 3.29. The highest BCUT2D eigenvalue weighted by Crippen LogP contribution is 2.31. The summed E-state index contributed by atoms with van der Waals surface area (Å²) >= 11 is 12.2. The normalized spacial score (nSPS) is 16.8. The number of anilines is 2. The van der Waals surface area contributed by atoms with Crippen LogP contribution < -0.4 is 14.9 Å². The fourth-order valence-electron chi connectivity index (χ4n) is 3.20. The molecule has 1 saturated heterocycles. The van der Waals surface area contributed by atoms with Gasteiger partial charge in [0.25, 0.3) is 5.91 Å². The van der Waals surface area contributed by atoms with Crippen LogP contribution in [0.1, 0.15) is 36.0 Å². The van der Waals surface area contributed by atoms with Crippen molar-refractivity contribution in [1.82, 2.24) is 9.71 Å². The lowest BCUT2D eigenvalue weighted by Gasteiger charge is -2.17. The fourth-order valence-corrected chi connectivity index (χ4v) is 5.36. The number of carbonyl (C=O) groups excluding carboxylic acids is 1. The van der Waals surface area contributed by atoms with Crippen molar-refractivity contribution in [3.63, 3.8) is 0 Å². The first-order valence-corrected chi connectivity index (χ1v) is 11.6. The molecule has 1 saturated carbocycles. The van der Waals surface area contributed by atoms with Gasteiger partial charge in [-0.3, -0.25) is 4.79 Å². The van der Waals surface area contributed by atoms with Gasteiger partial charge in [0.15, 0.2) is 0 Å². The molecule has 0 unspecified atom stereocenters. The van der Waals surface area contributed by atoms with Crippen LogP contribution in [-0.2, 0) is 10.0 Å². The molecule has 2 aliphatic rings. The summed E-state index contributed by atoms with van der Waals surface area (Å²) < 4.78 is 27.6. The lowest BCUT2D eigenvalue weighted by Crippen LogP contribution is -2.26. The molecule has 2 N–H and O–H groups in total. The molecular weight excluding hydrogens is 435 g/mol. The van der Waals surface area contributed by atoms with Crippen LogP contribution in [0.15, 0.2) is 35.4 Å². The zero-order valence-corrected chi connectivity index (χ0v) is 17.8. The summed E-state index contributed by atoms with van der Waals surface area (Å²) in [5.41, 5.74) is 1.02. The van der Waals surface area contributed by atoms with Crippen LogP contribution >= 0.6 is 23.2 Å². The second kappa shape index (κ2) is 8.10. The molecule has 1 aromatic heterocycles. The van der Waals surface area contributed by atoms with E-state index in [1.807, 2.05) is 6.07 Å². The minimum Gasteiger partial charge on any atom is -0.370 e. The number of nitrogens with zero attached hydrogens (tertiary/aromatic N) is 2. The molecule has 2 heterocycles. The van der Waals surface area contributed by atoms with E-state index in [-0.39, 0.29) is 26.5 Å². The predicted octanol–water partition coefficient (Wildman–Crippen LogP) is 3.68.